The highest BCUT2D eigenvalue weighted by atomic mass is 16.5. The summed E-state index contributed by atoms with van der Waals surface area (Å²) in [4.78, 5) is 8.12. The summed E-state index contributed by atoms with van der Waals surface area (Å²) >= 11 is 0. The van der Waals surface area contributed by atoms with E-state index in [4.69, 9.17) is 30.4 Å². The van der Waals surface area contributed by atoms with Gasteiger partial charge in [-0.25, -0.2) is 4.98 Å². The van der Waals surface area contributed by atoms with Crippen LogP contribution in [0.15, 0.2) is 60.4 Å². The summed E-state index contributed by atoms with van der Waals surface area (Å²) < 4.78 is 23.9. The molecule has 1 aromatic carbocycles. The molecule has 1 aromatic heterocycles. The van der Waals surface area contributed by atoms with Gasteiger partial charge < -0.3 is 30.4 Å². The van der Waals surface area contributed by atoms with Crippen LogP contribution in [-0.4, -0.2) is 23.2 Å². The van der Waals surface area contributed by atoms with Gasteiger partial charge in [0.2, 0.25) is 5.95 Å². The van der Waals surface area contributed by atoms with Gasteiger partial charge >= 0.3 is 0 Å². The van der Waals surface area contributed by atoms with Crippen LogP contribution in [0.1, 0.15) is 49.8 Å². The van der Waals surface area contributed by atoms with Gasteiger partial charge in [-0.15, -0.1) is 0 Å². The predicted molar refractivity (Wildman–Crippen MR) is 132 cm³/mol. The molecule has 2 aromatic rings. The number of rotatable bonds is 9. The van der Waals surface area contributed by atoms with Gasteiger partial charge in [-0.05, 0) is 44.4 Å². The summed E-state index contributed by atoms with van der Waals surface area (Å²) in [5.74, 6) is 3.04. The molecule has 0 saturated carbocycles. The van der Waals surface area contributed by atoms with Crippen LogP contribution in [0.25, 0.3) is 5.76 Å². The van der Waals surface area contributed by atoms with Crippen molar-refractivity contribution in [3.05, 3.63) is 77.1 Å². The van der Waals surface area contributed by atoms with Crippen molar-refractivity contribution in [2.45, 2.75) is 39.5 Å². The quantitative estimate of drug-likeness (QED) is 0.542. The standard InChI is InChI=1S/C26H30N4O4/c1-3-32-21-12-18(10-19-14-29-26(28)30-25(19)27)13-22(33-4-2)24(21)23-16-31-15-20(34-23)11-17-8-6-5-7-9-17/h5-6,8,12-16H,3-4,7,9-11H2,1-2H3,(H4,27,28,29,30). The Hall–Kier alpha value is -3.94. The highest BCUT2D eigenvalue weighted by molar-refractivity contribution is 5.73. The monoisotopic (exact) mass is 462 g/mol. The Balaban J connectivity index is 1.64. The highest BCUT2D eigenvalue weighted by Crippen LogP contribution is 2.40. The topological polar surface area (TPSA) is 115 Å². The molecular weight excluding hydrogens is 432 g/mol. The lowest BCUT2D eigenvalue weighted by molar-refractivity contribution is 0.265. The zero-order valence-corrected chi connectivity index (χ0v) is 19.5. The van der Waals surface area contributed by atoms with Crippen LogP contribution in [0.3, 0.4) is 0 Å². The van der Waals surface area contributed by atoms with Crippen molar-refractivity contribution in [1.82, 2.24) is 9.97 Å². The van der Waals surface area contributed by atoms with Crippen LogP contribution in [0.2, 0.25) is 0 Å². The summed E-state index contributed by atoms with van der Waals surface area (Å²) in [6.45, 7) is 4.82. The Kier molecular flexibility index (Phi) is 7.37. The largest absolute Gasteiger partial charge is 0.493 e. The van der Waals surface area contributed by atoms with E-state index in [1.807, 2.05) is 26.0 Å². The van der Waals surface area contributed by atoms with Gasteiger partial charge in [0, 0.05) is 24.6 Å². The van der Waals surface area contributed by atoms with Gasteiger partial charge in [-0.1, -0.05) is 23.8 Å². The number of anilines is 2. The number of hydrogen-bond donors (Lipinski definition) is 2. The molecule has 8 heteroatoms. The number of nitrogen functional groups attached to an aromatic ring is 2. The number of aromatic nitrogens is 2. The molecule has 8 nitrogen and oxygen atoms in total. The zero-order chi connectivity index (χ0) is 23.9. The van der Waals surface area contributed by atoms with Crippen LogP contribution in [0.4, 0.5) is 11.8 Å². The Morgan fingerprint density at radius 3 is 2.44 bits per heavy atom. The van der Waals surface area contributed by atoms with Crippen LogP contribution in [0, 0.1) is 0 Å². The maximum atomic E-state index is 6.26. The average Bonchev–Trinajstić information content (AvgIpc) is 2.82. The van der Waals surface area contributed by atoms with Crippen molar-refractivity contribution in [3.63, 3.8) is 0 Å². The van der Waals surface area contributed by atoms with E-state index in [1.54, 1.807) is 18.7 Å². The summed E-state index contributed by atoms with van der Waals surface area (Å²) in [5.41, 5.74) is 15.4. The van der Waals surface area contributed by atoms with Crippen LogP contribution < -0.4 is 20.9 Å². The van der Waals surface area contributed by atoms with Crippen molar-refractivity contribution in [1.29, 1.82) is 0 Å². The number of hydrogen-bond acceptors (Lipinski definition) is 8. The minimum Gasteiger partial charge on any atom is -0.493 e. The number of ether oxygens (including phenoxy) is 4. The molecular formula is C26H30N4O4. The summed E-state index contributed by atoms with van der Waals surface area (Å²) in [5, 5.41) is 0. The van der Waals surface area contributed by atoms with Crippen molar-refractivity contribution in [2.24, 2.45) is 0 Å². The molecule has 2 aliphatic rings. The first kappa shape index (κ1) is 23.2. The van der Waals surface area contributed by atoms with Gasteiger partial charge in [0.05, 0.1) is 13.2 Å². The van der Waals surface area contributed by atoms with E-state index in [0.717, 1.165) is 29.7 Å². The molecule has 0 atom stereocenters. The smallest absolute Gasteiger partial charge is 0.221 e. The molecule has 4 N–H and O–H groups in total. The third-order valence-electron chi connectivity index (χ3n) is 5.40. The fourth-order valence-electron chi connectivity index (χ4n) is 3.89. The minimum absolute atomic E-state index is 0.145. The van der Waals surface area contributed by atoms with Gasteiger partial charge in [0.1, 0.15) is 41.2 Å². The van der Waals surface area contributed by atoms with Crippen molar-refractivity contribution in [2.75, 3.05) is 24.7 Å². The van der Waals surface area contributed by atoms with Crippen molar-refractivity contribution in [3.8, 4) is 11.5 Å². The SMILES string of the molecule is CCOc1cc(Cc2cnc(N)nc2N)cc(OCC)c1C1=COC=C(CC2=CC=CCC2)O1. The van der Waals surface area contributed by atoms with E-state index in [-0.39, 0.29) is 5.95 Å². The molecule has 0 spiro atoms. The van der Waals surface area contributed by atoms with Gasteiger partial charge in [-0.2, -0.15) is 4.98 Å². The maximum Gasteiger partial charge on any atom is 0.221 e. The summed E-state index contributed by atoms with van der Waals surface area (Å²) in [6, 6.07) is 3.90. The number of nitrogens with zero attached hydrogens (tertiary/aromatic N) is 2. The second-order valence-corrected chi connectivity index (χ2v) is 7.92. The van der Waals surface area contributed by atoms with E-state index in [2.05, 4.69) is 28.2 Å². The van der Waals surface area contributed by atoms with Crippen LogP contribution >= 0.6 is 0 Å². The molecule has 0 saturated heterocycles. The normalized spacial score (nSPS) is 14.9. The Bertz CT molecular complexity index is 1140. The highest BCUT2D eigenvalue weighted by Gasteiger charge is 2.23. The predicted octanol–water partition coefficient (Wildman–Crippen LogP) is 4.88. The van der Waals surface area contributed by atoms with E-state index < -0.39 is 0 Å². The van der Waals surface area contributed by atoms with Crippen LogP contribution in [0.5, 0.6) is 11.5 Å². The fraction of sp³-hybridized carbons (Fsp3) is 0.308. The second kappa shape index (κ2) is 10.8. The third kappa shape index (κ3) is 5.51. The van der Waals surface area contributed by atoms with Gasteiger partial charge in [-0.3, -0.25) is 0 Å². The Morgan fingerprint density at radius 1 is 1.03 bits per heavy atom. The Labute approximate surface area is 199 Å². The zero-order valence-electron chi connectivity index (χ0n) is 19.5. The lowest BCUT2D eigenvalue weighted by atomic mass is 10.0. The third-order valence-corrected chi connectivity index (χ3v) is 5.40. The number of benzene rings is 1. The van der Waals surface area contributed by atoms with E-state index in [1.165, 1.54) is 5.57 Å². The van der Waals surface area contributed by atoms with Gasteiger partial charge in [0.25, 0.3) is 0 Å². The average molecular weight is 463 g/mol. The molecule has 178 valence electrons. The van der Waals surface area contributed by atoms with E-state index in [9.17, 15) is 0 Å². The van der Waals surface area contributed by atoms with Crippen LogP contribution in [-0.2, 0) is 15.9 Å². The summed E-state index contributed by atoms with van der Waals surface area (Å²) in [6.07, 6.45) is 14.5. The minimum atomic E-state index is 0.145. The molecule has 0 unspecified atom stereocenters. The summed E-state index contributed by atoms with van der Waals surface area (Å²) in [7, 11) is 0. The Morgan fingerprint density at radius 2 is 1.79 bits per heavy atom. The molecule has 1 aliphatic heterocycles. The van der Waals surface area contributed by atoms with E-state index in [0.29, 0.717) is 54.7 Å². The molecule has 4 rings (SSSR count). The molecule has 2 heterocycles. The lowest BCUT2D eigenvalue weighted by Gasteiger charge is -2.23. The van der Waals surface area contributed by atoms with Crippen molar-refractivity contribution < 1.29 is 18.9 Å². The number of allylic oxidation sites excluding steroid dienone is 4. The van der Waals surface area contributed by atoms with Gasteiger partial charge in [0.15, 0.2) is 5.76 Å². The molecule has 0 amide bonds. The molecule has 0 bridgehead atoms. The maximum absolute atomic E-state index is 6.26. The first-order chi connectivity index (χ1) is 16.6. The fourth-order valence-corrected chi connectivity index (χ4v) is 3.89. The number of nitrogens with two attached hydrogens (primary N) is 2. The first-order valence-corrected chi connectivity index (χ1v) is 11.4. The molecule has 1 aliphatic carbocycles. The molecule has 0 fully saturated rings. The second-order valence-electron chi connectivity index (χ2n) is 7.92. The van der Waals surface area contributed by atoms with E-state index >= 15 is 0 Å². The van der Waals surface area contributed by atoms with Crippen molar-refractivity contribution >= 4 is 17.5 Å². The molecule has 34 heavy (non-hydrogen) atoms. The lowest BCUT2D eigenvalue weighted by Crippen LogP contribution is -2.08. The first-order valence-electron chi connectivity index (χ1n) is 11.4. The molecule has 0 radical (unpaired) electrons.